The van der Waals surface area contributed by atoms with Gasteiger partial charge in [-0.1, -0.05) is 12.1 Å². The first-order valence-electron chi connectivity index (χ1n) is 8.17. The summed E-state index contributed by atoms with van der Waals surface area (Å²) in [4.78, 5) is 23.4. The largest absolute Gasteiger partial charge is 0.573 e. The van der Waals surface area contributed by atoms with Crippen LogP contribution in [-0.2, 0) is 4.79 Å². The molecule has 6 nitrogen and oxygen atoms in total. The van der Waals surface area contributed by atoms with Crippen molar-refractivity contribution < 1.29 is 37.0 Å². The molecule has 1 aliphatic carbocycles. The molecule has 1 aromatic carbocycles. The molecule has 0 aliphatic heterocycles. The van der Waals surface area contributed by atoms with Crippen LogP contribution in [0.2, 0.25) is 0 Å². The number of amides is 1. The SMILES string of the molecule is O=C(O)CC1(NC(=O)c2ccc(-c3ccccc3OC(F)(F)F)o2)CCC1. The van der Waals surface area contributed by atoms with E-state index < -0.39 is 29.5 Å². The van der Waals surface area contributed by atoms with Crippen molar-refractivity contribution in [2.45, 2.75) is 37.6 Å². The molecule has 0 spiro atoms. The van der Waals surface area contributed by atoms with Gasteiger partial charge in [-0.25, -0.2) is 0 Å². The average Bonchev–Trinajstić information content (AvgIpc) is 3.01. The monoisotopic (exact) mass is 383 g/mol. The Morgan fingerprint density at radius 3 is 2.48 bits per heavy atom. The number of halogens is 3. The normalized spacial score (nSPS) is 15.7. The van der Waals surface area contributed by atoms with Crippen LogP contribution in [0.4, 0.5) is 13.2 Å². The lowest BCUT2D eigenvalue weighted by Crippen LogP contribution is -2.54. The number of hydrogen-bond acceptors (Lipinski definition) is 4. The van der Waals surface area contributed by atoms with Crippen LogP contribution in [0.1, 0.15) is 36.2 Å². The topological polar surface area (TPSA) is 88.8 Å². The van der Waals surface area contributed by atoms with Crippen LogP contribution in [0.15, 0.2) is 40.8 Å². The minimum atomic E-state index is -4.86. The van der Waals surface area contributed by atoms with Gasteiger partial charge in [0.15, 0.2) is 5.76 Å². The molecule has 1 aliphatic rings. The summed E-state index contributed by atoms with van der Waals surface area (Å²) in [5.74, 6) is -2.18. The second kappa shape index (κ2) is 6.98. The highest BCUT2D eigenvalue weighted by atomic mass is 19.4. The van der Waals surface area contributed by atoms with E-state index in [-0.39, 0.29) is 23.5 Å². The highest BCUT2D eigenvalue weighted by molar-refractivity contribution is 5.93. The zero-order valence-electron chi connectivity index (χ0n) is 14.0. The minimum absolute atomic E-state index is 0.0286. The van der Waals surface area contributed by atoms with Gasteiger partial charge in [-0.05, 0) is 43.5 Å². The maximum atomic E-state index is 12.5. The number of aliphatic carboxylic acids is 1. The molecular weight excluding hydrogens is 367 g/mol. The van der Waals surface area contributed by atoms with Crippen LogP contribution in [-0.4, -0.2) is 28.9 Å². The summed E-state index contributed by atoms with van der Waals surface area (Å²) in [6.45, 7) is 0. The molecule has 2 N–H and O–H groups in total. The van der Waals surface area contributed by atoms with E-state index in [1.54, 1.807) is 0 Å². The molecule has 1 fully saturated rings. The third-order valence-electron chi connectivity index (χ3n) is 4.39. The first kappa shape index (κ1) is 18.8. The Morgan fingerprint density at radius 1 is 1.19 bits per heavy atom. The van der Waals surface area contributed by atoms with Gasteiger partial charge < -0.3 is 19.6 Å². The third kappa shape index (κ3) is 4.42. The number of para-hydroxylation sites is 1. The maximum Gasteiger partial charge on any atom is 0.573 e. The third-order valence-corrected chi connectivity index (χ3v) is 4.39. The first-order valence-corrected chi connectivity index (χ1v) is 8.17. The number of carboxylic acids is 1. The van der Waals surface area contributed by atoms with Crippen molar-refractivity contribution in [3.63, 3.8) is 0 Å². The molecule has 1 saturated carbocycles. The Morgan fingerprint density at radius 2 is 1.89 bits per heavy atom. The Balaban J connectivity index is 1.79. The summed E-state index contributed by atoms with van der Waals surface area (Å²) in [6.07, 6.45) is -3.17. The maximum absolute atomic E-state index is 12.5. The van der Waals surface area contributed by atoms with Gasteiger partial charge in [0.25, 0.3) is 5.91 Å². The van der Waals surface area contributed by atoms with Gasteiger partial charge in [0.2, 0.25) is 0 Å². The lowest BCUT2D eigenvalue weighted by molar-refractivity contribution is -0.274. The standard InChI is InChI=1S/C18H16F3NO5/c19-18(20,21)27-13-5-2-1-4-11(13)12-6-7-14(26-12)16(25)22-17(8-3-9-17)10-15(23)24/h1-2,4-7H,3,8-10H2,(H,22,25)(H,23,24). The lowest BCUT2D eigenvalue weighted by atomic mass is 9.74. The summed E-state index contributed by atoms with van der Waals surface area (Å²) >= 11 is 0. The molecule has 3 rings (SSSR count). The number of nitrogens with one attached hydrogen (secondary N) is 1. The van der Waals surface area contributed by atoms with Crippen molar-refractivity contribution in [1.29, 1.82) is 0 Å². The Kier molecular flexibility index (Phi) is 4.86. The number of carbonyl (C=O) groups excluding carboxylic acids is 1. The van der Waals surface area contributed by atoms with E-state index in [0.717, 1.165) is 12.5 Å². The van der Waals surface area contributed by atoms with Gasteiger partial charge in [0.1, 0.15) is 11.5 Å². The van der Waals surface area contributed by atoms with E-state index in [2.05, 4.69) is 10.1 Å². The number of carboxylic acid groups (broad SMARTS) is 1. The first-order chi connectivity index (χ1) is 12.7. The van der Waals surface area contributed by atoms with E-state index in [0.29, 0.717) is 12.8 Å². The van der Waals surface area contributed by atoms with Crippen LogP contribution >= 0.6 is 0 Å². The summed E-state index contributed by atoms with van der Waals surface area (Å²) in [5, 5.41) is 11.7. The Bertz CT molecular complexity index is 855. The quantitative estimate of drug-likeness (QED) is 0.788. The van der Waals surface area contributed by atoms with Crippen LogP contribution < -0.4 is 10.1 Å². The number of alkyl halides is 3. The van der Waals surface area contributed by atoms with Gasteiger partial charge in [-0.2, -0.15) is 0 Å². The van der Waals surface area contributed by atoms with Crippen molar-refractivity contribution in [3.05, 3.63) is 42.2 Å². The van der Waals surface area contributed by atoms with Crippen LogP contribution in [0.25, 0.3) is 11.3 Å². The van der Waals surface area contributed by atoms with Gasteiger partial charge in [-0.15, -0.1) is 13.2 Å². The molecule has 9 heteroatoms. The van der Waals surface area contributed by atoms with Gasteiger partial charge >= 0.3 is 12.3 Å². The minimum Gasteiger partial charge on any atom is -0.481 e. The summed E-state index contributed by atoms with van der Waals surface area (Å²) in [6, 6.07) is 8.09. The van der Waals surface area contributed by atoms with Crippen LogP contribution in [0, 0.1) is 0 Å². The zero-order chi connectivity index (χ0) is 19.7. The molecule has 0 radical (unpaired) electrons. The smallest absolute Gasteiger partial charge is 0.481 e. The summed E-state index contributed by atoms with van der Waals surface area (Å²) in [5.41, 5.74) is -0.773. The van der Waals surface area contributed by atoms with E-state index >= 15 is 0 Å². The second-order valence-electron chi connectivity index (χ2n) is 6.37. The zero-order valence-corrected chi connectivity index (χ0v) is 14.0. The Labute approximate surface area is 151 Å². The van der Waals surface area contributed by atoms with Crippen molar-refractivity contribution in [2.24, 2.45) is 0 Å². The molecule has 1 heterocycles. The molecule has 0 unspecified atom stereocenters. The van der Waals surface area contributed by atoms with E-state index in [1.807, 2.05) is 0 Å². The number of rotatable bonds is 6. The number of furan rings is 1. The fraction of sp³-hybridized carbons (Fsp3) is 0.333. The van der Waals surface area contributed by atoms with Gasteiger partial charge in [-0.3, -0.25) is 9.59 Å². The molecule has 0 saturated heterocycles. The summed E-state index contributed by atoms with van der Waals surface area (Å²) in [7, 11) is 0. The van der Waals surface area contributed by atoms with E-state index in [1.165, 1.54) is 30.3 Å². The van der Waals surface area contributed by atoms with Gasteiger partial charge in [0, 0.05) is 0 Å². The number of benzene rings is 1. The predicted octanol–water partition coefficient (Wildman–Crippen LogP) is 3.97. The molecule has 0 bridgehead atoms. The molecular formula is C18H16F3NO5. The molecule has 1 aromatic heterocycles. The Hall–Kier alpha value is -2.97. The second-order valence-corrected chi connectivity index (χ2v) is 6.37. The van der Waals surface area contributed by atoms with E-state index in [4.69, 9.17) is 9.52 Å². The van der Waals surface area contributed by atoms with Crippen molar-refractivity contribution in [3.8, 4) is 17.1 Å². The highest BCUT2D eigenvalue weighted by Crippen LogP contribution is 2.37. The molecule has 144 valence electrons. The summed E-state index contributed by atoms with van der Waals surface area (Å²) < 4.78 is 47.0. The van der Waals surface area contributed by atoms with Crippen molar-refractivity contribution >= 4 is 11.9 Å². The molecule has 0 atom stereocenters. The van der Waals surface area contributed by atoms with E-state index in [9.17, 15) is 22.8 Å². The lowest BCUT2D eigenvalue weighted by Gasteiger charge is -2.41. The molecule has 2 aromatic rings. The number of carbonyl (C=O) groups is 2. The van der Waals surface area contributed by atoms with Crippen LogP contribution in [0.5, 0.6) is 5.75 Å². The average molecular weight is 383 g/mol. The fourth-order valence-electron chi connectivity index (χ4n) is 3.03. The molecule has 1 amide bonds. The van der Waals surface area contributed by atoms with Crippen LogP contribution in [0.3, 0.4) is 0 Å². The fourth-order valence-corrected chi connectivity index (χ4v) is 3.03. The molecule has 27 heavy (non-hydrogen) atoms. The van der Waals surface area contributed by atoms with Gasteiger partial charge in [0.05, 0.1) is 17.5 Å². The number of hydrogen-bond donors (Lipinski definition) is 2. The number of ether oxygens (including phenoxy) is 1. The van der Waals surface area contributed by atoms with Crippen molar-refractivity contribution in [2.75, 3.05) is 0 Å². The highest BCUT2D eigenvalue weighted by Gasteiger charge is 2.41. The predicted molar refractivity (Wildman–Crippen MR) is 87.1 cm³/mol. The van der Waals surface area contributed by atoms with Crippen molar-refractivity contribution in [1.82, 2.24) is 5.32 Å².